The molecule has 0 heterocycles. The molecular formula is C17H22FNSi. The van der Waals surface area contributed by atoms with Crippen LogP contribution in [0.5, 0.6) is 0 Å². The van der Waals surface area contributed by atoms with Crippen molar-refractivity contribution >= 4 is 18.9 Å². The Morgan fingerprint density at radius 3 is 2.20 bits per heavy atom. The van der Waals surface area contributed by atoms with Crippen molar-refractivity contribution in [1.29, 1.82) is 0 Å². The molecule has 0 atom stereocenters. The molecule has 0 saturated heterocycles. The number of rotatable bonds is 4. The van der Waals surface area contributed by atoms with E-state index < -0.39 is 8.07 Å². The molecule has 0 aliphatic heterocycles. The van der Waals surface area contributed by atoms with Crippen LogP contribution in [0.4, 0.5) is 10.1 Å². The third kappa shape index (κ3) is 3.70. The first-order valence-corrected chi connectivity index (χ1v) is 10.5. The van der Waals surface area contributed by atoms with E-state index in [-0.39, 0.29) is 5.82 Å². The molecule has 2 aromatic rings. The summed E-state index contributed by atoms with van der Waals surface area (Å²) < 4.78 is 13.0. The van der Waals surface area contributed by atoms with Crippen molar-refractivity contribution < 1.29 is 4.39 Å². The quantitative estimate of drug-likeness (QED) is 0.827. The van der Waals surface area contributed by atoms with Crippen LogP contribution in [0.2, 0.25) is 19.6 Å². The zero-order valence-electron chi connectivity index (χ0n) is 12.6. The fourth-order valence-corrected chi connectivity index (χ4v) is 3.31. The minimum absolute atomic E-state index is 0.187. The molecule has 0 amide bonds. The molecule has 0 spiro atoms. The Balaban J connectivity index is 2.04. The van der Waals surface area contributed by atoms with E-state index >= 15 is 0 Å². The molecule has 106 valence electrons. The average Bonchev–Trinajstić information content (AvgIpc) is 2.37. The van der Waals surface area contributed by atoms with Gasteiger partial charge in [-0.15, -0.1) is 0 Å². The van der Waals surface area contributed by atoms with Crippen LogP contribution < -0.4 is 10.5 Å². The largest absolute Gasteiger partial charge is 0.381 e. The van der Waals surface area contributed by atoms with Gasteiger partial charge in [0.15, 0.2) is 0 Å². The highest BCUT2D eigenvalue weighted by Crippen LogP contribution is 2.16. The summed E-state index contributed by atoms with van der Waals surface area (Å²) in [6.07, 6.45) is 0. The van der Waals surface area contributed by atoms with Gasteiger partial charge in [0.25, 0.3) is 0 Å². The zero-order valence-corrected chi connectivity index (χ0v) is 13.6. The number of hydrogen-bond donors (Lipinski definition) is 1. The highest BCUT2D eigenvalue weighted by Gasteiger charge is 2.15. The number of aryl methyl sites for hydroxylation is 1. The molecule has 0 aromatic heterocycles. The second kappa shape index (κ2) is 5.79. The molecule has 0 bridgehead atoms. The second-order valence-corrected chi connectivity index (χ2v) is 11.3. The van der Waals surface area contributed by atoms with Crippen molar-refractivity contribution in [3.8, 4) is 0 Å². The Labute approximate surface area is 121 Å². The summed E-state index contributed by atoms with van der Waals surface area (Å²) in [5, 5.41) is 4.83. The van der Waals surface area contributed by atoms with Crippen LogP contribution in [0, 0.1) is 12.7 Å². The maximum absolute atomic E-state index is 13.0. The molecule has 2 aromatic carbocycles. The minimum atomic E-state index is -1.22. The topological polar surface area (TPSA) is 12.0 Å². The van der Waals surface area contributed by atoms with Gasteiger partial charge in [-0.05, 0) is 36.2 Å². The van der Waals surface area contributed by atoms with Crippen LogP contribution >= 0.6 is 0 Å². The minimum Gasteiger partial charge on any atom is -0.381 e. The maximum atomic E-state index is 13.0. The van der Waals surface area contributed by atoms with Gasteiger partial charge in [-0.1, -0.05) is 49.1 Å². The van der Waals surface area contributed by atoms with Crippen molar-refractivity contribution in [3.63, 3.8) is 0 Å². The fraction of sp³-hybridized carbons (Fsp3) is 0.294. The first-order chi connectivity index (χ1) is 9.36. The summed E-state index contributed by atoms with van der Waals surface area (Å²) in [7, 11) is -1.22. The molecule has 0 aliphatic carbocycles. The summed E-state index contributed by atoms with van der Waals surface area (Å²) in [4.78, 5) is 0. The fourth-order valence-electron chi connectivity index (χ4n) is 2.15. The summed E-state index contributed by atoms with van der Waals surface area (Å²) in [5.74, 6) is -0.187. The summed E-state index contributed by atoms with van der Waals surface area (Å²) in [5.41, 5.74) is 3.17. The number of anilines is 1. The lowest BCUT2D eigenvalue weighted by molar-refractivity contribution is 0.627. The lowest BCUT2D eigenvalue weighted by atomic mass is 10.1. The summed E-state index contributed by atoms with van der Waals surface area (Å²) >= 11 is 0. The van der Waals surface area contributed by atoms with Gasteiger partial charge in [0, 0.05) is 12.2 Å². The van der Waals surface area contributed by atoms with Gasteiger partial charge in [-0.3, -0.25) is 0 Å². The lowest BCUT2D eigenvalue weighted by Crippen LogP contribution is -2.37. The van der Waals surface area contributed by atoms with Crippen molar-refractivity contribution in [2.45, 2.75) is 33.1 Å². The third-order valence-corrected chi connectivity index (χ3v) is 5.56. The first kappa shape index (κ1) is 14.8. The van der Waals surface area contributed by atoms with Crippen LogP contribution in [-0.2, 0) is 6.54 Å². The molecule has 1 nitrogen and oxygen atoms in total. The number of benzene rings is 2. The maximum Gasteiger partial charge on any atom is 0.123 e. The molecule has 0 unspecified atom stereocenters. The normalized spacial score (nSPS) is 11.4. The smallest absolute Gasteiger partial charge is 0.123 e. The SMILES string of the molecule is Cc1cc(F)ccc1NCc1ccc([Si](C)(C)C)cc1. The third-order valence-electron chi connectivity index (χ3n) is 3.49. The lowest BCUT2D eigenvalue weighted by Gasteiger charge is -2.17. The molecule has 0 aliphatic rings. The molecule has 0 saturated carbocycles. The van der Waals surface area contributed by atoms with Gasteiger partial charge in [-0.2, -0.15) is 0 Å². The van der Waals surface area contributed by atoms with Crippen LogP contribution in [0.3, 0.4) is 0 Å². The van der Waals surface area contributed by atoms with Crippen LogP contribution in [0.25, 0.3) is 0 Å². The monoisotopic (exact) mass is 287 g/mol. The summed E-state index contributed by atoms with van der Waals surface area (Å²) in [6, 6.07) is 13.7. The average molecular weight is 287 g/mol. The van der Waals surface area contributed by atoms with Gasteiger partial charge >= 0.3 is 0 Å². The molecule has 3 heteroatoms. The predicted molar refractivity (Wildman–Crippen MR) is 87.9 cm³/mol. The first-order valence-electron chi connectivity index (χ1n) is 6.96. The molecule has 2 rings (SSSR count). The van der Waals surface area contributed by atoms with Gasteiger partial charge in [-0.25, -0.2) is 4.39 Å². The Hall–Kier alpha value is -1.61. The van der Waals surface area contributed by atoms with Crippen molar-refractivity contribution in [2.24, 2.45) is 0 Å². The Bertz CT molecular complexity index is 585. The van der Waals surface area contributed by atoms with Crippen LogP contribution in [0.1, 0.15) is 11.1 Å². The predicted octanol–water partition coefficient (Wildman–Crippen LogP) is 4.29. The van der Waals surface area contributed by atoms with Gasteiger partial charge in [0.2, 0.25) is 0 Å². The molecular weight excluding hydrogens is 265 g/mol. The van der Waals surface area contributed by atoms with Crippen LogP contribution in [0.15, 0.2) is 42.5 Å². The van der Waals surface area contributed by atoms with E-state index in [1.165, 1.54) is 16.8 Å². The van der Waals surface area contributed by atoms with E-state index in [4.69, 9.17) is 0 Å². The standard InChI is InChI=1S/C17H22FNSi/c1-13-11-15(18)7-10-17(13)19-12-14-5-8-16(9-6-14)20(2,3)4/h5-11,19H,12H2,1-4H3. The molecule has 0 radical (unpaired) electrons. The van der Waals surface area contributed by atoms with E-state index in [1.54, 1.807) is 12.1 Å². The highest BCUT2D eigenvalue weighted by molar-refractivity contribution is 6.88. The number of halogens is 1. The van der Waals surface area contributed by atoms with Crippen molar-refractivity contribution in [2.75, 3.05) is 5.32 Å². The van der Waals surface area contributed by atoms with Crippen molar-refractivity contribution in [3.05, 3.63) is 59.4 Å². The van der Waals surface area contributed by atoms with E-state index in [2.05, 4.69) is 49.2 Å². The zero-order chi connectivity index (χ0) is 14.8. The van der Waals surface area contributed by atoms with E-state index in [1.807, 2.05) is 6.92 Å². The van der Waals surface area contributed by atoms with E-state index in [0.717, 1.165) is 17.8 Å². The van der Waals surface area contributed by atoms with E-state index in [9.17, 15) is 4.39 Å². The second-order valence-electron chi connectivity index (χ2n) is 6.26. The highest BCUT2D eigenvalue weighted by atomic mass is 28.3. The Kier molecular flexibility index (Phi) is 4.28. The van der Waals surface area contributed by atoms with Gasteiger partial charge in [0.1, 0.15) is 5.82 Å². The Morgan fingerprint density at radius 1 is 1.00 bits per heavy atom. The number of hydrogen-bond acceptors (Lipinski definition) is 1. The van der Waals surface area contributed by atoms with Crippen LogP contribution in [-0.4, -0.2) is 8.07 Å². The van der Waals surface area contributed by atoms with E-state index in [0.29, 0.717) is 0 Å². The van der Waals surface area contributed by atoms with Gasteiger partial charge < -0.3 is 5.32 Å². The summed E-state index contributed by atoms with van der Waals surface area (Å²) in [6.45, 7) is 9.73. The number of nitrogens with one attached hydrogen (secondary N) is 1. The molecule has 20 heavy (non-hydrogen) atoms. The van der Waals surface area contributed by atoms with Crippen molar-refractivity contribution in [1.82, 2.24) is 0 Å². The van der Waals surface area contributed by atoms with Gasteiger partial charge in [0.05, 0.1) is 8.07 Å². The molecule has 1 N–H and O–H groups in total. The Morgan fingerprint density at radius 2 is 1.65 bits per heavy atom. The molecule has 0 fully saturated rings.